The lowest BCUT2D eigenvalue weighted by Gasteiger charge is -2.10. The molecule has 0 atom stereocenters. The Morgan fingerprint density at radius 2 is 1.50 bits per heavy atom. The molecule has 106 valence electrons. The fourth-order valence-electron chi connectivity index (χ4n) is 1.58. The minimum Gasteiger partial charge on any atom is -0.263 e. The van der Waals surface area contributed by atoms with Crippen LogP contribution in [-0.2, 0) is 0 Å². The van der Waals surface area contributed by atoms with Crippen molar-refractivity contribution < 1.29 is 19.7 Å². The summed E-state index contributed by atoms with van der Waals surface area (Å²) in [5.41, 5.74) is 3.13. The predicted octanol–water partition coefficient (Wildman–Crippen LogP) is 0.146. The molecule has 0 spiro atoms. The molecule has 0 saturated carbocycles. The number of nitrogens with zero attached hydrogens (tertiary/aromatic N) is 2. The summed E-state index contributed by atoms with van der Waals surface area (Å²) in [4.78, 5) is 43.9. The molecule has 2 N–H and O–H groups in total. The first kappa shape index (κ1) is 15.0. The van der Waals surface area contributed by atoms with Gasteiger partial charge in [-0.15, -0.1) is 0 Å². The van der Waals surface area contributed by atoms with Crippen LogP contribution in [0.5, 0.6) is 0 Å². The number of nitro groups is 2. The number of hydrazine groups is 2. The van der Waals surface area contributed by atoms with Gasteiger partial charge in [0.2, 0.25) is 0 Å². The lowest BCUT2D eigenvalue weighted by molar-refractivity contribution is -0.527. The van der Waals surface area contributed by atoms with Crippen molar-refractivity contribution in [2.75, 3.05) is 0 Å². The summed E-state index contributed by atoms with van der Waals surface area (Å²) in [5, 5.41) is 18.4. The highest BCUT2D eigenvalue weighted by Gasteiger charge is 2.25. The highest BCUT2D eigenvalue weighted by Crippen LogP contribution is 2.18. The molecule has 2 amide bonds. The Hall–Kier alpha value is -3.04. The molecule has 0 radical (unpaired) electrons. The number of carbonyl (C=O) groups is 2. The third-order valence-corrected chi connectivity index (χ3v) is 2.59. The van der Waals surface area contributed by atoms with Crippen molar-refractivity contribution in [3.63, 3.8) is 0 Å². The second kappa shape index (κ2) is 5.73. The van der Waals surface area contributed by atoms with Crippen LogP contribution >= 0.6 is 0 Å². The van der Waals surface area contributed by atoms with E-state index in [2.05, 4.69) is 0 Å². The smallest absolute Gasteiger partial charge is 0.263 e. The van der Waals surface area contributed by atoms with Gasteiger partial charge >= 0.3 is 11.8 Å². The van der Waals surface area contributed by atoms with Gasteiger partial charge in [-0.25, -0.2) is 20.2 Å². The van der Waals surface area contributed by atoms with Gasteiger partial charge in [0.05, 0.1) is 11.1 Å². The number of carbonyl (C=O) groups excluding carboxylic acids is 2. The molecule has 1 aromatic rings. The van der Waals surface area contributed by atoms with Gasteiger partial charge in [0.1, 0.15) is 0 Å². The zero-order valence-electron chi connectivity index (χ0n) is 10.5. The topological polar surface area (TPSA) is 144 Å². The molecule has 0 saturated heterocycles. The van der Waals surface area contributed by atoms with E-state index in [9.17, 15) is 29.8 Å². The minimum atomic E-state index is -1.13. The Bertz CT molecular complexity index is 612. The summed E-state index contributed by atoms with van der Waals surface area (Å²) < 4.78 is 0. The average Bonchev–Trinajstić information content (AvgIpc) is 2.30. The van der Waals surface area contributed by atoms with Gasteiger partial charge in [-0.2, -0.15) is 0 Å². The molecule has 1 rings (SSSR count). The van der Waals surface area contributed by atoms with Crippen molar-refractivity contribution in [3.05, 3.63) is 54.6 Å². The summed E-state index contributed by atoms with van der Waals surface area (Å²) in [7, 11) is 0. The molecule has 0 aliphatic heterocycles. The number of rotatable bonds is 4. The maximum Gasteiger partial charge on any atom is 0.311 e. The van der Waals surface area contributed by atoms with Gasteiger partial charge < -0.3 is 0 Å². The van der Waals surface area contributed by atoms with E-state index in [4.69, 9.17) is 0 Å². The van der Waals surface area contributed by atoms with Crippen LogP contribution in [-0.4, -0.2) is 21.9 Å². The van der Waals surface area contributed by atoms with Crippen molar-refractivity contribution in [2.45, 2.75) is 13.8 Å². The molecular formula is C10H10N4O6. The molecular weight excluding hydrogens is 272 g/mol. The first-order valence-corrected chi connectivity index (χ1v) is 5.25. The van der Waals surface area contributed by atoms with Crippen LogP contribution < -0.4 is 10.9 Å². The van der Waals surface area contributed by atoms with Crippen molar-refractivity contribution >= 4 is 11.8 Å². The number of hydrogen-bond donors (Lipinski definition) is 2. The molecule has 10 heteroatoms. The number of nitrogens with one attached hydrogen (secondary N) is 2. The fourth-order valence-corrected chi connectivity index (χ4v) is 1.58. The van der Waals surface area contributed by atoms with E-state index in [-0.39, 0.29) is 11.1 Å². The summed E-state index contributed by atoms with van der Waals surface area (Å²) >= 11 is 0. The lowest BCUT2D eigenvalue weighted by atomic mass is 9.96. The lowest BCUT2D eigenvalue weighted by Crippen LogP contribution is -2.35. The Morgan fingerprint density at radius 3 is 2.00 bits per heavy atom. The normalized spacial score (nSPS) is 9.70. The zero-order chi connectivity index (χ0) is 15.4. The van der Waals surface area contributed by atoms with Crippen LogP contribution in [0.4, 0.5) is 0 Å². The van der Waals surface area contributed by atoms with Crippen molar-refractivity contribution in [3.8, 4) is 0 Å². The zero-order valence-corrected chi connectivity index (χ0v) is 10.5. The Labute approximate surface area is 112 Å². The summed E-state index contributed by atoms with van der Waals surface area (Å²) in [6.45, 7) is 3.11. The molecule has 0 fully saturated rings. The van der Waals surface area contributed by atoms with Crippen molar-refractivity contribution in [2.24, 2.45) is 0 Å². The second-order valence-electron chi connectivity index (χ2n) is 3.83. The molecule has 0 aliphatic rings. The summed E-state index contributed by atoms with van der Waals surface area (Å²) in [6, 6.07) is 2.67. The van der Waals surface area contributed by atoms with Crippen LogP contribution in [0, 0.1) is 34.1 Å². The van der Waals surface area contributed by atoms with E-state index in [1.807, 2.05) is 0 Å². The highest BCUT2D eigenvalue weighted by atomic mass is 16.7. The quantitative estimate of drug-likeness (QED) is 0.593. The van der Waals surface area contributed by atoms with E-state index < -0.39 is 21.9 Å². The molecule has 0 bridgehead atoms. The van der Waals surface area contributed by atoms with Gasteiger partial charge in [0, 0.05) is 0 Å². The highest BCUT2D eigenvalue weighted by molar-refractivity contribution is 6.07. The predicted molar refractivity (Wildman–Crippen MR) is 64.8 cm³/mol. The molecule has 0 aliphatic carbocycles. The van der Waals surface area contributed by atoms with Gasteiger partial charge in [-0.05, 0) is 31.0 Å². The first-order valence-electron chi connectivity index (χ1n) is 5.25. The molecule has 0 unspecified atom stereocenters. The number of hydrogen-bond acceptors (Lipinski definition) is 6. The van der Waals surface area contributed by atoms with Gasteiger partial charge in [-0.3, -0.25) is 9.59 Å². The Kier molecular flexibility index (Phi) is 4.31. The monoisotopic (exact) mass is 282 g/mol. The fraction of sp³-hybridized carbons (Fsp3) is 0.200. The van der Waals surface area contributed by atoms with E-state index in [0.29, 0.717) is 11.1 Å². The summed E-state index contributed by atoms with van der Waals surface area (Å²) in [6.07, 6.45) is 0. The standard InChI is InChI=1S/C10H10N4O6/c1-5-3-4-7(9(15)11-13(17)18)8(6(5)2)10(16)12-14(19)20/h3-4H,1-2H3,(H,11,15)(H,12,16). The minimum absolute atomic E-state index is 0.277. The van der Waals surface area contributed by atoms with Crippen molar-refractivity contribution in [1.82, 2.24) is 10.9 Å². The van der Waals surface area contributed by atoms with E-state index >= 15 is 0 Å². The molecule has 1 aromatic carbocycles. The number of benzene rings is 1. The largest absolute Gasteiger partial charge is 0.311 e. The first-order chi connectivity index (χ1) is 9.23. The van der Waals surface area contributed by atoms with Crippen LogP contribution in [0.1, 0.15) is 31.8 Å². The molecule has 0 aromatic heterocycles. The van der Waals surface area contributed by atoms with Gasteiger partial charge in [0.25, 0.3) is 0 Å². The summed E-state index contributed by atoms with van der Waals surface area (Å²) in [5.74, 6) is -2.25. The maximum absolute atomic E-state index is 11.7. The van der Waals surface area contributed by atoms with E-state index in [0.717, 1.165) is 0 Å². The van der Waals surface area contributed by atoms with E-state index in [1.165, 1.54) is 29.9 Å². The maximum atomic E-state index is 11.7. The Morgan fingerprint density at radius 1 is 1.00 bits per heavy atom. The number of aryl methyl sites for hydroxylation is 1. The van der Waals surface area contributed by atoms with Gasteiger partial charge in [0.15, 0.2) is 10.1 Å². The van der Waals surface area contributed by atoms with Crippen LogP contribution in [0.15, 0.2) is 12.1 Å². The van der Waals surface area contributed by atoms with Crippen LogP contribution in [0.2, 0.25) is 0 Å². The van der Waals surface area contributed by atoms with Crippen molar-refractivity contribution in [1.29, 1.82) is 0 Å². The number of amides is 2. The third kappa shape index (κ3) is 3.25. The third-order valence-electron chi connectivity index (χ3n) is 2.59. The second-order valence-corrected chi connectivity index (χ2v) is 3.83. The molecule has 0 heterocycles. The average molecular weight is 282 g/mol. The van der Waals surface area contributed by atoms with Crippen LogP contribution in [0.25, 0.3) is 0 Å². The van der Waals surface area contributed by atoms with Crippen LogP contribution in [0.3, 0.4) is 0 Å². The molecule has 20 heavy (non-hydrogen) atoms. The van der Waals surface area contributed by atoms with Gasteiger partial charge in [-0.1, -0.05) is 16.9 Å². The SMILES string of the molecule is Cc1ccc(C(=O)N[N+](=O)[O-])c(C(=O)N[N+](=O)[O-])c1C. The Balaban J connectivity index is 3.34. The molecule has 10 nitrogen and oxygen atoms in total. The van der Waals surface area contributed by atoms with E-state index in [1.54, 1.807) is 6.92 Å².